The SMILES string of the molecule is CN(C)c1nc(N[C@H]2CC[C@@H](NCc3cccc(Cl)c3F)CC2)nc2ccccc12. The lowest BCUT2D eigenvalue weighted by molar-refractivity contribution is 0.350. The van der Waals surface area contributed by atoms with Gasteiger partial charge in [-0.2, -0.15) is 4.98 Å². The highest BCUT2D eigenvalue weighted by Gasteiger charge is 2.22. The van der Waals surface area contributed by atoms with Gasteiger partial charge < -0.3 is 15.5 Å². The van der Waals surface area contributed by atoms with E-state index >= 15 is 0 Å². The van der Waals surface area contributed by atoms with Crippen molar-refractivity contribution >= 4 is 34.3 Å². The summed E-state index contributed by atoms with van der Waals surface area (Å²) in [7, 11) is 4.00. The number of anilines is 2. The zero-order valence-electron chi connectivity index (χ0n) is 17.3. The summed E-state index contributed by atoms with van der Waals surface area (Å²) < 4.78 is 14.1. The summed E-state index contributed by atoms with van der Waals surface area (Å²) in [5.74, 6) is 1.27. The van der Waals surface area contributed by atoms with Crippen molar-refractivity contribution in [2.45, 2.75) is 44.3 Å². The summed E-state index contributed by atoms with van der Waals surface area (Å²) >= 11 is 5.87. The van der Waals surface area contributed by atoms with Crippen molar-refractivity contribution in [3.63, 3.8) is 0 Å². The molecule has 158 valence electrons. The normalized spacial score (nSPS) is 19.1. The van der Waals surface area contributed by atoms with Crippen molar-refractivity contribution < 1.29 is 4.39 Å². The zero-order valence-corrected chi connectivity index (χ0v) is 18.1. The lowest BCUT2D eigenvalue weighted by atomic mass is 9.91. The van der Waals surface area contributed by atoms with Crippen LogP contribution in [0.4, 0.5) is 16.2 Å². The van der Waals surface area contributed by atoms with Crippen molar-refractivity contribution in [1.29, 1.82) is 0 Å². The van der Waals surface area contributed by atoms with Gasteiger partial charge in [-0.1, -0.05) is 35.9 Å². The zero-order chi connectivity index (χ0) is 21.1. The summed E-state index contributed by atoms with van der Waals surface area (Å²) in [5.41, 5.74) is 1.56. The van der Waals surface area contributed by atoms with Crippen molar-refractivity contribution in [3.8, 4) is 0 Å². The maximum Gasteiger partial charge on any atom is 0.225 e. The molecule has 0 atom stereocenters. The van der Waals surface area contributed by atoms with Crippen LogP contribution in [0.3, 0.4) is 0 Å². The van der Waals surface area contributed by atoms with Gasteiger partial charge in [-0.3, -0.25) is 0 Å². The first-order chi connectivity index (χ1) is 14.5. The predicted molar refractivity (Wildman–Crippen MR) is 122 cm³/mol. The van der Waals surface area contributed by atoms with Crippen LogP contribution in [0.1, 0.15) is 31.2 Å². The second-order valence-corrected chi connectivity index (χ2v) is 8.48. The molecule has 1 aromatic heterocycles. The van der Waals surface area contributed by atoms with Crippen LogP contribution >= 0.6 is 11.6 Å². The van der Waals surface area contributed by atoms with Crippen molar-refractivity contribution in [1.82, 2.24) is 15.3 Å². The summed E-state index contributed by atoms with van der Waals surface area (Å²) in [6.07, 6.45) is 4.08. The quantitative estimate of drug-likeness (QED) is 0.579. The van der Waals surface area contributed by atoms with Crippen LogP contribution in [0, 0.1) is 5.82 Å². The van der Waals surface area contributed by atoms with E-state index < -0.39 is 0 Å². The highest BCUT2D eigenvalue weighted by molar-refractivity contribution is 6.30. The Morgan fingerprint density at radius 1 is 1.00 bits per heavy atom. The number of hydrogen-bond acceptors (Lipinski definition) is 5. The maximum absolute atomic E-state index is 14.1. The van der Waals surface area contributed by atoms with Gasteiger partial charge in [0.05, 0.1) is 10.5 Å². The highest BCUT2D eigenvalue weighted by atomic mass is 35.5. The molecule has 5 nitrogen and oxygen atoms in total. The second kappa shape index (κ2) is 9.14. The third kappa shape index (κ3) is 4.65. The molecule has 30 heavy (non-hydrogen) atoms. The fraction of sp³-hybridized carbons (Fsp3) is 0.391. The van der Waals surface area contributed by atoms with Gasteiger partial charge in [0.25, 0.3) is 0 Å². The molecule has 0 saturated heterocycles. The molecule has 7 heteroatoms. The number of para-hydroxylation sites is 1. The number of hydrogen-bond donors (Lipinski definition) is 2. The van der Waals surface area contributed by atoms with Gasteiger partial charge in [0.2, 0.25) is 5.95 Å². The minimum absolute atomic E-state index is 0.176. The predicted octanol–water partition coefficient (Wildman–Crippen LogP) is 5.00. The average molecular weight is 428 g/mol. The number of halogens is 2. The molecule has 0 spiro atoms. The Bertz CT molecular complexity index is 1020. The Labute approximate surface area is 181 Å². The van der Waals surface area contributed by atoms with Gasteiger partial charge in [-0.25, -0.2) is 9.37 Å². The first kappa shape index (κ1) is 20.8. The van der Waals surface area contributed by atoms with Crippen LogP contribution in [0.2, 0.25) is 5.02 Å². The molecule has 0 unspecified atom stereocenters. The number of benzene rings is 2. The maximum atomic E-state index is 14.1. The third-order valence-electron chi connectivity index (χ3n) is 5.68. The fourth-order valence-electron chi connectivity index (χ4n) is 4.03. The molecule has 1 saturated carbocycles. The molecule has 1 fully saturated rings. The number of nitrogens with one attached hydrogen (secondary N) is 2. The van der Waals surface area contributed by atoms with Gasteiger partial charge in [0.1, 0.15) is 11.6 Å². The Hall–Kier alpha value is -2.44. The van der Waals surface area contributed by atoms with Crippen LogP contribution in [0.25, 0.3) is 10.9 Å². The summed E-state index contributed by atoms with van der Waals surface area (Å²) in [4.78, 5) is 11.5. The monoisotopic (exact) mass is 427 g/mol. The minimum atomic E-state index is -0.327. The standard InChI is InChI=1S/C23H27ClFN5/c1-30(2)22-18-7-3-4-9-20(18)28-23(29-22)27-17-12-10-16(11-13-17)26-14-15-6-5-8-19(24)21(15)25/h3-9,16-17,26H,10-14H2,1-2H3,(H,27,28,29)/t16-,17+. The molecule has 2 aromatic carbocycles. The van der Waals surface area contributed by atoms with E-state index in [1.54, 1.807) is 18.2 Å². The number of rotatable bonds is 6. The van der Waals surface area contributed by atoms with E-state index in [1.807, 2.05) is 43.3 Å². The smallest absolute Gasteiger partial charge is 0.225 e. The van der Waals surface area contributed by atoms with E-state index in [0.29, 0.717) is 30.1 Å². The topological polar surface area (TPSA) is 53.1 Å². The number of fused-ring (bicyclic) bond motifs is 1. The first-order valence-corrected chi connectivity index (χ1v) is 10.8. The van der Waals surface area contributed by atoms with Gasteiger partial charge in [0, 0.05) is 43.7 Å². The minimum Gasteiger partial charge on any atom is -0.362 e. The molecule has 0 amide bonds. The van der Waals surface area contributed by atoms with Crippen molar-refractivity contribution in [3.05, 3.63) is 58.9 Å². The lowest BCUT2D eigenvalue weighted by Gasteiger charge is -2.30. The Kier molecular flexibility index (Phi) is 6.35. The van der Waals surface area contributed by atoms with Crippen LogP contribution in [-0.2, 0) is 6.54 Å². The molecular formula is C23H27ClFN5. The summed E-state index contributed by atoms with van der Waals surface area (Å²) in [6.45, 7) is 0.495. The molecule has 3 aromatic rings. The molecule has 0 bridgehead atoms. The summed E-state index contributed by atoms with van der Waals surface area (Å²) in [6, 6.07) is 13.9. The van der Waals surface area contributed by atoms with Gasteiger partial charge in [-0.15, -0.1) is 0 Å². The van der Waals surface area contributed by atoms with E-state index in [1.165, 1.54) is 0 Å². The molecule has 2 N–H and O–H groups in total. The Morgan fingerprint density at radius 3 is 2.50 bits per heavy atom. The molecular weight excluding hydrogens is 401 g/mol. The third-order valence-corrected chi connectivity index (χ3v) is 5.97. The fourth-order valence-corrected chi connectivity index (χ4v) is 4.22. The molecule has 0 radical (unpaired) electrons. The van der Waals surface area contributed by atoms with E-state index in [4.69, 9.17) is 21.6 Å². The lowest BCUT2D eigenvalue weighted by Crippen LogP contribution is -2.37. The van der Waals surface area contributed by atoms with E-state index in [0.717, 1.165) is 42.4 Å². The van der Waals surface area contributed by atoms with Gasteiger partial charge in [-0.05, 0) is 43.9 Å². The van der Waals surface area contributed by atoms with Crippen molar-refractivity contribution in [2.75, 3.05) is 24.3 Å². The second-order valence-electron chi connectivity index (χ2n) is 8.07. The average Bonchev–Trinajstić information content (AvgIpc) is 2.75. The van der Waals surface area contributed by atoms with Crippen LogP contribution < -0.4 is 15.5 Å². The Balaban J connectivity index is 1.35. The number of nitrogens with zero attached hydrogens (tertiary/aromatic N) is 3. The van der Waals surface area contributed by atoms with Crippen LogP contribution in [-0.4, -0.2) is 36.1 Å². The van der Waals surface area contributed by atoms with E-state index in [9.17, 15) is 4.39 Å². The molecule has 0 aliphatic heterocycles. The molecule has 1 heterocycles. The van der Waals surface area contributed by atoms with E-state index in [2.05, 4.69) is 10.6 Å². The van der Waals surface area contributed by atoms with Gasteiger partial charge in [0.15, 0.2) is 0 Å². The molecule has 4 rings (SSSR count). The van der Waals surface area contributed by atoms with Crippen LogP contribution in [0.5, 0.6) is 0 Å². The molecule has 1 aliphatic rings. The Morgan fingerprint density at radius 2 is 1.73 bits per heavy atom. The van der Waals surface area contributed by atoms with E-state index in [-0.39, 0.29) is 10.8 Å². The number of aromatic nitrogens is 2. The first-order valence-electron chi connectivity index (χ1n) is 10.4. The highest BCUT2D eigenvalue weighted by Crippen LogP contribution is 2.26. The van der Waals surface area contributed by atoms with Crippen LogP contribution in [0.15, 0.2) is 42.5 Å². The molecule has 1 aliphatic carbocycles. The van der Waals surface area contributed by atoms with Gasteiger partial charge >= 0.3 is 0 Å². The summed E-state index contributed by atoms with van der Waals surface area (Å²) in [5, 5.41) is 8.23. The van der Waals surface area contributed by atoms with Crippen molar-refractivity contribution in [2.24, 2.45) is 0 Å². The largest absolute Gasteiger partial charge is 0.362 e.